The summed E-state index contributed by atoms with van der Waals surface area (Å²) >= 11 is 0. The van der Waals surface area contributed by atoms with Gasteiger partial charge in [-0.05, 0) is 51.9 Å². The van der Waals surface area contributed by atoms with Crippen LogP contribution >= 0.6 is 0 Å². The number of alkyl carbamates (subject to hydrolysis) is 1. The number of nitrogens with zero attached hydrogens (tertiary/aromatic N) is 2. The van der Waals surface area contributed by atoms with Crippen molar-refractivity contribution in [2.24, 2.45) is 5.41 Å². The SMILES string of the molecule is COC(=O)N[C@H](C(=O)NN(Cc1cccc(C#Cc2cccnc2)c1)C[C@](O)(Cc1ccccc1)C(=O)N[C@H]1c2ccccc2C[C@H]1O)C(C)(C)C. The van der Waals surface area contributed by atoms with Gasteiger partial charge in [0.15, 0.2) is 5.60 Å². The van der Waals surface area contributed by atoms with Crippen LogP contribution in [0.25, 0.3) is 0 Å². The highest BCUT2D eigenvalue weighted by atomic mass is 16.5. The van der Waals surface area contributed by atoms with Crippen molar-refractivity contribution >= 4 is 17.9 Å². The normalized spacial score (nSPS) is 16.8. The number of amides is 3. The number of carbonyl (C=O) groups excluding carboxylic acids is 3. The molecule has 5 rings (SSSR count). The van der Waals surface area contributed by atoms with Gasteiger partial charge in [-0.1, -0.05) is 99.3 Å². The number of methoxy groups -OCH3 is 1. The summed E-state index contributed by atoms with van der Waals surface area (Å²) in [5.74, 6) is 4.94. The summed E-state index contributed by atoms with van der Waals surface area (Å²) in [6.45, 7) is 5.09. The van der Waals surface area contributed by atoms with Crippen molar-refractivity contribution < 1.29 is 29.3 Å². The van der Waals surface area contributed by atoms with E-state index in [0.717, 1.165) is 22.3 Å². The molecule has 1 aliphatic carbocycles. The first-order valence-corrected chi connectivity index (χ1v) is 17.1. The van der Waals surface area contributed by atoms with Gasteiger partial charge in [-0.25, -0.2) is 9.80 Å². The maximum Gasteiger partial charge on any atom is 0.407 e. The van der Waals surface area contributed by atoms with E-state index in [-0.39, 0.29) is 19.5 Å². The zero-order valence-electron chi connectivity index (χ0n) is 29.8. The Kier molecular flexibility index (Phi) is 12.1. The molecule has 0 saturated heterocycles. The lowest BCUT2D eigenvalue weighted by molar-refractivity contribution is -0.147. The number of hydrogen-bond donors (Lipinski definition) is 5. The summed E-state index contributed by atoms with van der Waals surface area (Å²) in [5, 5.41) is 30.4. The molecular formula is C41H45N5O6. The van der Waals surface area contributed by atoms with Crippen LogP contribution in [-0.4, -0.2) is 69.5 Å². The Morgan fingerprint density at radius 2 is 1.63 bits per heavy atom. The Labute approximate surface area is 304 Å². The van der Waals surface area contributed by atoms with E-state index in [0.29, 0.717) is 17.5 Å². The average Bonchev–Trinajstić information content (AvgIpc) is 3.44. The van der Waals surface area contributed by atoms with Gasteiger partial charge in [-0.2, -0.15) is 0 Å². The van der Waals surface area contributed by atoms with Crippen molar-refractivity contribution in [3.05, 3.63) is 137 Å². The van der Waals surface area contributed by atoms with Gasteiger partial charge in [0.2, 0.25) is 0 Å². The number of ether oxygens (including phenoxy) is 1. The predicted molar refractivity (Wildman–Crippen MR) is 196 cm³/mol. The topological polar surface area (TPSA) is 153 Å². The maximum atomic E-state index is 14.3. The molecule has 270 valence electrons. The third-order valence-electron chi connectivity index (χ3n) is 8.86. The van der Waals surface area contributed by atoms with Gasteiger partial charge in [0.25, 0.3) is 11.8 Å². The molecule has 4 aromatic rings. The third kappa shape index (κ3) is 9.82. The molecule has 0 radical (unpaired) electrons. The van der Waals surface area contributed by atoms with Gasteiger partial charge in [0.1, 0.15) is 6.04 Å². The van der Waals surface area contributed by atoms with Crippen LogP contribution < -0.4 is 16.1 Å². The van der Waals surface area contributed by atoms with E-state index < -0.39 is 47.1 Å². The molecule has 0 bridgehead atoms. The van der Waals surface area contributed by atoms with Crippen LogP contribution in [0.3, 0.4) is 0 Å². The zero-order valence-corrected chi connectivity index (χ0v) is 29.8. The molecule has 1 aliphatic rings. The van der Waals surface area contributed by atoms with Crippen LogP contribution in [0.1, 0.15) is 60.2 Å². The van der Waals surface area contributed by atoms with E-state index in [2.05, 4.69) is 32.9 Å². The summed E-state index contributed by atoms with van der Waals surface area (Å²) in [4.78, 5) is 44.7. The lowest BCUT2D eigenvalue weighted by Gasteiger charge is -2.37. The lowest BCUT2D eigenvalue weighted by Crippen LogP contribution is -2.62. The number of hydrogen-bond acceptors (Lipinski definition) is 8. The van der Waals surface area contributed by atoms with Gasteiger partial charge in [0, 0.05) is 42.9 Å². The smallest absolute Gasteiger partial charge is 0.407 e. The van der Waals surface area contributed by atoms with E-state index in [1.54, 1.807) is 51.4 Å². The van der Waals surface area contributed by atoms with E-state index in [1.165, 1.54) is 12.1 Å². The first kappa shape index (κ1) is 37.7. The minimum absolute atomic E-state index is 0.0580. The summed E-state index contributed by atoms with van der Waals surface area (Å²) < 4.78 is 4.80. The highest BCUT2D eigenvalue weighted by Gasteiger charge is 2.43. The van der Waals surface area contributed by atoms with Crippen molar-refractivity contribution in [3.8, 4) is 11.8 Å². The number of nitrogens with one attached hydrogen (secondary N) is 3. The lowest BCUT2D eigenvalue weighted by atomic mass is 9.86. The second-order valence-corrected chi connectivity index (χ2v) is 14.1. The summed E-state index contributed by atoms with van der Waals surface area (Å²) in [5.41, 5.74) is 4.61. The number of aromatic nitrogens is 1. The van der Waals surface area contributed by atoms with Crippen LogP contribution in [-0.2, 0) is 33.7 Å². The molecule has 11 nitrogen and oxygen atoms in total. The fraction of sp³-hybridized carbons (Fsp3) is 0.317. The highest BCUT2D eigenvalue weighted by molar-refractivity contribution is 5.87. The largest absolute Gasteiger partial charge is 0.453 e. The molecular weight excluding hydrogens is 658 g/mol. The fourth-order valence-corrected chi connectivity index (χ4v) is 6.24. The fourth-order valence-electron chi connectivity index (χ4n) is 6.24. The molecule has 0 spiro atoms. The van der Waals surface area contributed by atoms with Crippen molar-refractivity contribution in [1.82, 2.24) is 26.1 Å². The van der Waals surface area contributed by atoms with E-state index >= 15 is 0 Å². The number of pyridine rings is 1. The predicted octanol–water partition coefficient (Wildman–Crippen LogP) is 3.83. The van der Waals surface area contributed by atoms with Crippen LogP contribution in [0.5, 0.6) is 0 Å². The van der Waals surface area contributed by atoms with Crippen molar-refractivity contribution in [3.63, 3.8) is 0 Å². The van der Waals surface area contributed by atoms with E-state index in [1.807, 2.05) is 72.8 Å². The van der Waals surface area contributed by atoms with E-state index in [9.17, 15) is 24.6 Å². The Morgan fingerprint density at radius 1 is 0.942 bits per heavy atom. The molecule has 1 aromatic heterocycles. The quantitative estimate of drug-likeness (QED) is 0.117. The second-order valence-electron chi connectivity index (χ2n) is 14.1. The Morgan fingerprint density at radius 3 is 2.35 bits per heavy atom. The molecule has 0 unspecified atom stereocenters. The average molecular weight is 704 g/mol. The minimum Gasteiger partial charge on any atom is -0.453 e. The zero-order chi connectivity index (χ0) is 37.3. The van der Waals surface area contributed by atoms with Gasteiger partial charge >= 0.3 is 6.09 Å². The second kappa shape index (κ2) is 16.7. The van der Waals surface area contributed by atoms with Crippen molar-refractivity contribution in [2.45, 2.75) is 63.9 Å². The van der Waals surface area contributed by atoms with Crippen LogP contribution in [0.4, 0.5) is 4.79 Å². The van der Waals surface area contributed by atoms with Gasteiger partial charge in [-0.3, -0.25) is 20.0 Å². The highest BCUT2D eigenvalue weighted by Crippen LogP contribution is 2.32. The van der Waals surface area contributed by atoms with Crippen LogP contribution in [0, 0.1) is 17.3 Å². The molecule has 3 aromatic carbocycles. The first-order valence-electron chi connectivity index (χ1n) is 17.1. The molecule has 5 N–H and O–H groups in total. The van der Waals surface area contributed by atoms with Crippen LogP contribution in [0.15, 0.2) is 103 Å². The molecule has 3 amide bonds. The van der Waals surface area contributed by atoms with E-state index in [4.69, 9.17) is 4.74 Å². The molecule has 0 saturated carbocycles. The Bertz CT molecular complexity index is 1920. The number of rotatable bonds is 11. The summed E-state index contributed by atoms with van der Waals surface area (Å²) in [6.07, 6.45) is 1.94. The molecule has 52 heavy (non-hydrogen) atoms. The molecule has 0 fully saturated rings. The molecule has 0 aliphatic heterocycles. The minimum atomic E-state index is -2.10. The molecule has 11 heteroatoms. The van der Waals surface area contributed by atoms with Gasteiger partial charge < -0.3 is 25.6 Å². The Balaban J connectivity index is 1.49. The van der Waals surface area contributed by atoms with Crippen molar-refractivity contribution in [1.29, 1.82) is 0 Å². The number of aliphatic hydroxyl groups excluding tert-OH is 1. The third-order valence-corrected chi connectivity index (χ3v) is 8.86. The molecule has 1 heterocycles. The van der Waals surface area contributed by atoms with Gasteiger partial charge in [-0.15, -0.1) is 0 Å². The summed E-state index contributed by atoms with van der Waals surface area (Å²) in [7, 11) is 1.21. The maximum absolute atomic E-state index is 14.3. The number of fused-ring (bicyclic) bond motifs is 1. The number of benzene rings is 3. The Hall–Kier alpha value is -5.54. The molecule has 4 atom stereocenters. The van der Waals surface area contributed by atoms with Crippen LogP contribution in [0.2, 0.25) is 0 Å². The number of carbonyl (C=O) groups is 3. The van der Waals surface area contributed by atoms with Gasteiger partial charge in [0.05, 0.1) is 25.8 Å². The number of aliphatic hydroxyl groups is 2. The number of hydrazine groups is 1. The first-order chi connectivity index (χ1) is 24.8. The standard InChI is InChI=1S/C41H45N5O6/c1-40(2,3)36(44-39(50)52-4)37(48)45-46(26-31-15-10-14-28(22-31)19-20-30-16-11-21-42-25-30)27-41(51,24-29-12-6-5-7-13-29)38(49)43-35-33-18-9-8-17-32(33)23-34(35)47/h5-18,21-22,25,34-36,47,51H,23-24,26-27H2,1-4H3,(H,43,49)(H,44,50)(H,45,48)/t34-,35+,36-,41-/m1/s1. The monoisotopic (exact) mass is 703 g/mol. The van der Waals surface area contributed by atoms with Crippen molar-refractivity contribution in [2.75, 3.05) is 13.7 Å². The summed E-state index contributed by atoms with van der Waals surface area (Å²) in [6, 6.07) is 25.8.